The molecule has 5 heteroatoms. The average Bonchev–Trinajstić information content (AvgIpc) is 2.78. The fourth-order valence-corrected chi connectivity index (χ4v) is 1.89. The summed E-state index contributed by atoms with van der Waals surface area (Å²) in [7, 11) is 1.57. The minimum absolute atomic E-state index is 0.0921. The van der Waals surface area contributed by atoms with Crippen LogP contribution < -0.4 is 21.1 Å². The molecule has 0 saturated carbocycles. The Kier molecular flexibility index (Phi) is 3.53. The fraction of sp³-hybridized carbons (Fsp3) is 0.308. The first-order valence-electron chi connectivity index (χ1n) is 5.74. The molecule has 18 heavy (non-hydrogen) atoms. The number of methoxy groups -OCH3 is 1. The maximum Gasteiger partial charge on any atom is 0.241 e. The lowest BCUT2D eigenvalue weighted by atomic mass is 10.1. The molecule has 1 fully saturated rings. The third-order valence-corrected chi connectivity index (χ3v) is 2.92. The van der Waals surface area contributed by atoms with Crippen LogP contribution >= 0.6 is 0 Å². The first-order chi connectivity index (χ1) is 8.60. The lowest BCUT2D eigenvalue weighted by Crippen LogP contribution is -2.35. The molecule has 1 amide bonds. The molecule has 0 aliphatic carbocycles. The number of nitrogens with one attached hydrogen (secondary N) is 2. The van der Waals surface area contributed by atoms with Crippen molar-refractivity contribution in [3.05, 3.63) is 30.4 Å². The first-order valence-corrected chi connectivity index (χ1v) is 5.74. The zero-order chi connectivity index (χ0) is 13.1. The Hall–Kier alpha value is -2.01. The van der Waals surface area contributed by atoms with Gasteiger partial charge in [-0.3, -0.25) is 4.79 Å². The summed E-state index contributed by atoms with van der Waals surface area (Å²) in [5, 5.41) is 5.89. The van der Waals surface area contributed by atoms with Crippen LogP contribution in [-0.4, -0.2) is 25.6 Å². The molecule has 0 bridgehead atoms. The lowest BCUT2D eigenvalue weighted by Gasteiger charge is -2.13. The number of anilines is 2. The van der Waals surface area contributed by atoms with Gasteiger partial charge in [-0.25, -0.2) is 0 Å². The van der Waals surface area contributed by atoms with Crippen LogP contribution in [0, 0.1) is 0 Å². The van der Waals surface area contributed by atoms with Gasteiger partial charge < -0.3 is 21.1 Å². The van der Waals surface area contributed by atoms with E-state index < -0.39 is 0 Å². The van der Waals surface area contributed by atoms with E-state index in [4.69, 9.17) is 10.5 Å². The maximum atomic E-state index is 12.0. The Morgan fingerprint density at radius 1 is 1.61 bits per heavy atom. The summed E-state index contributed by atoms with van der Waals surface area (Å²) < 4.78 is 5.05. The molecule has 0 unspecified atom stereocenters. The molecular weight excluding hydrogens is 230 g/mol. The van der Waals surface area contributed by atoms with E-state index >= 15 is 0 Å². The van der Waals surface area contributed by atoms with E-state index in [-0.39, 0.29) is 11.9 Å². The van der Waals surface area contributed by atoms with Gasteiger partial charge in [-0.2, -0.15) is 0 Å². The number of rotatable bonds is 3. The van der Waals surface area contributed by atoms with Gasteiger partial charge in [0.05, 0.1) is 24.5 Å². The highest BCUT2D eigenvalue weighted by Gasteiger charge is 2.24. The minimum atomic E-state index is -0.223. The van der Waals surface area contributed by atoms with E-state index in [0.29, 0.717) is 30.1 Å². The van der Waals surface area contributed by atoms with Crippen LogP contribution in [0.15, 0.2) is 30.4 Å². The van der Waals surface area contributed by atoms with Crippen LogP contribution in [0.5, 0.6) is 5.75 Å². The Morgan fingerprint density at radius 3 is 2.94 bits per heavy atom. The van der Waals surface area contributed by atoms with E-state index in [1.807, 2.05) is 0 Å². The van der Waals surface area contributed by atoms with Gasteiger partial charge in [0.25, 0.3) is 0 Å². The number of carbonyl (C=O) groups excluding carboxylic acids is 1. The molecule has 5 nitrogen and oxygen atoms in total. The molecule has 0 radical (unpaired) electrons. The molecule has 1 aliphatic rings. The predicted octanol–water partition coefficient (Wildman–Crippen LogP) is 1.13. The van der Waals surface area contributed by atoms with Gasteiger partial charge in [0.2, 0.25) is 5.91 Å². The van der Waals surface area contributed by atoms with Crippen molar-refractivity contribution in [2.45, 2.75) is 12.5 Å². The smallest absolute Gasteiger partial charge is 0.241 e. The molecule has 0 aromatic heterocycles. The number of amides is 1. The van der Waals surface area contributed by atoms with Crippen molar-refractivity contribution in [1.82, 2.24) is 5.32 Å². The Morgan fingerprint density at radius 2 is 2.39 bits per heavy atom. The van der Waals surface area contributed by atoms with E-state index in [9.17, 15) is 4.79 Å². The predicted molar refractivity (Wildman–Crippen MR) is 71.6 cm³/mol. The number of hydrogen-bond donors (Lipinski definition) is 3. The van der Waals surface area contributed by atoms with Gasteiger partial charge in [-0.15, -0.1) is 0 Å². The molecule has 0 spiro atoms. The summed E-state index contributed by atoms with van der Waals surface area (Å²) in [6.07, 6.45) is 0.669. The molecule has 1 atom stereocenters. The van der Waals surface area contributed by atoms with Gasteiger partial charge in [0, 0.05) is 12.6 Å². The summed E-state index contributed by atoms with van der Waals surface area (Å²) in [6.45, 7) is 4.54. The van der Waals surface area contributed by atoms with Crippen LogP contribution in [-0.2, 0) is 4.79 Å². The van der Waals surface area contributed by atoms with E-state index in [1.165, 1.54) is 0 Å². The largest absolute Gasteiger partial charge is 0.497 e. The molecule has 1 heterocycles. The lowest BCUT2D eigenvalue weighted by molar-refractivity contribution is -0.117. The van der Waals surface area contributed by atoms with Crippen molar-refractivity contribution in [1.29, 1.82) is 0 Å². The highest BCUT2D eigenvalue weighted by atomic mass is 16.5. The normalized spacial score (nSPS) is 18.7. The van der Waals surface area contributed by atoms with Crippen LogP contribution in [0.4, 0.5) is 11.4 Å². The monoisotopic (exact) mass is 247 g/mol. The molecule has 1 aromatic carbocycles. The number of benzene rings is 1. The molecule has 2 rings (SSSR count). The molecular formula is C13H17N3O2. The number of nitrogens with two attached hydrogens (primary N) is 1. The van der Waals surface area contributed by atoms with Gasteiger partial charge in [-0.1, -0.05) is 12.2 Å². The molecule has 1 aromatic rings. The average molecular weight is 247 g/mol. The van der Waals surface area contributed by atoms with Crippen molar-refractivity contribution in [2.24, 2.45) is 0 Å². The summed E-state index contributed by atoms with van der Waals surface area (Å²) in [4.78, 5) is 12.0. The van der Waals surface area contributed by atoms with E-state index in [1.54, 1.807) is 25.3 Å². The summed E-state index contributed by atoms with van der Waals surface area (Å²) in [6, 6.07) is 4.94. The number of ether oxygens (including phenoxy) is 1. The van der Waals surface area contributed by atoms with Crippen LogP contribution in [0.3, 0.4) is 0 Å². The molecule has 1 saturated heterocycles. The van der Waals surface area contributed by atoms with Gasteiger partial charge >= 0.3 is 0 Å². The standard InChI is InChI=1S/C13H17N3O2/c1-8-5-12(15-7-8)13(17)16-11-4-3-9(18-2)6-10(11)14/h3-4,6,12,15H,1,5,7,14H2,2H3,(H,16,17)/t12-/m0/s1. The topological polar surface area (TPSA) is 76.4 Å². The third-order valence-electron chi connectivity index (χ3n) is 2.92. The molecule has 1 aliphatic heterocycles. The first kappa shape index (κ1) is 12.4. The zero-order valence-corrected chi connectivity index (χ0v) is 10.3. The third kappa shape index (κ3) is 2.62. The van der Waals surface area contributed by atoms with E-state index in [0.717, 1.165) is 5.57 Å². The van der Waals surface area contributed by atoms with E-state index in [2.05, 4.69) is 17.2 Å². The van der Waals surface area contributed by atoms with Crippen molar-refractivity contribution >= 4 is 17.3 Å². The molecule has 4 N–H and O–H groups in total. The fourth-order valence-electron chi connectivity index (χ4n) is 1.89. The van der Waals surface area contributed by atoms with Gasteiger partial charge in [0.1, 0.15) is 5.75 Å². The summed E-state index contributed by atoms with van der Waals surface area (Å²) >= 11 is 0. The highest BCUT2D eigenvalue weighted by molar-refractivity contribution is 5.97. The number of carbonyl (C=O) groups is 1. The quantitative estimate of drug-likeness (QED) is 0.553. The van der Waals surface area contributed by atoms with Gasteiger partial charge in [0.15, 0.2) is 0 Å². The van der Waals surface area contributed by atoms with Crippen molar-refractivity contribution in [3.8, 4) is 5.75 Å². The van der Waals surface area contributed by atoms with Crippen molar-refractivity contribution < 1.29 is 9.53 Å². The number of hydrogen-bond acceptors (Lipinski definition) is 4. The maximum absolute atomic E-state index is 12.0. The van der Waals surface area contributed by atoms with Crippen LogP contribution in [0.1, 0.15) is 6.42 Å². The SMILES string of the molecule is C=C1CN[C@H](C(=O)Nc2ccc(OC)cc2N)C1. The Bertz CT molecular complexity index is 485. The Balaban J connectivity index is 2.05. The molecule has 96 valence electrons. The minimum Gasteiger partial charge on any atom is -0.497 e. The summed E-state index contributed by atoms with van der Waals surface area (Å²) in [5.74, 6) is 0.573. The summed E-state index contributed by atoms with van der Waals surface area (Å²) in [5.41, 5.74) is 7.96. The second-order valence-corrected chi connectivity index (χ2v) is 4.33. The highest BCUT2D eigenvalue weighted by Crippen LogP contribution is 2.24. The van der Waals surface area contributed by atoms with Crippen molar-refractivity contribution in [3.63, 3.8) is 0 Å². The zero-order valence-electron chi connectivity index (χ0n) is 10.3. The second-order valence-electron chi connectivity index (χ2n) is 4.33. The van der Waals surface area contributed by atoms with Gasteiger partial charge in [-0.05, 0) is 18.6 Å². The number of nitrogen functional groups attached to an aromatic ring is 1. The van der Waals surface area contributed by atoms with Crippen LogP contribution in [0.25, 0.3) is 0 Å². The second kappa shape index (κ2) is 5.10. The van der Waals surface area contributed by atoms with Crippen molar-refractivity contribution in [2.75, 3.05) is 24.7 Å². The van der Waals surface area contributed by atoms with Crippen LogP contribution in [0.2, 0.25) is 0 Å². The Labute approximate surface area is 106 Å².